The molecule has 1 N–H and O–H groups in total. The van der Waals surface area contributed by atoms with Crippen LogP contribution in [-0.4, -0.2) is 15.7 Å². The van der Waals surface area contributed by atoms with Crippen molar-refractivity contribution in [3.05, 3.63) is 22.6 Å². The van der Waals surface area contributed by atoms with Crippen LogP contribution < -0.4 is 5.56 Å². The van der Waals surface area contributed by atoms with Crippen molar-refractivity contribution < 1.29 is 0 Å². The van der Waals surface area contributed by atoms with Gasteiger partial charge in [-0.15, -0.1) is 0 Å². The summed E-state index contributed by atoms with van der Waals surface area (Å²) in [6.07, 6.45) is 1.46. The maximum Gasteiger partial charge on any atom is 0.251 e. The van der Waals surface area contributed by atoms with E-state index in [0.717, 1.165) is 0 Å². The van der Waals surface area contributed by atoms with Gasteiger partial charge in [-0.3, -0.25) is 4.79 Å². The van der Waals surface area contributed by atoms with E-state index in [2.05, 4.69) is 16.0 Å². The van der Waals surface area contributed by atoms with Gasteiger partial charge in [-0.1, -0.05) is 11.8 Å². The Morgan fingerprint density at radius 2 is 2.62 bits per heavy atom. The van der Waals surface area contributed by atoms with Gasteiger partial charge >= 0.3 is 0 Å². The third-order valence-electron chi connectivity index (χ3n) is 1.34. The lowest BCUT2D eigenvalue weighted by atomic mass is 10.3. The molecular formula is C8H9N3OS. The van der Waals surface area contributed by atoms with Crippen LogP contribution in [0.5, 0.6) is 0 Å². The third-order valence-corrected chi connectivity index (χ3v) is 2.49. The van der Waals surface area contributed by atoms with Crippen LogP contribution in [0.2, 0.25) is 0 Å². The van der Waals surface area contributed by atoms with Gasteiger partial charge in [0, 0.05) is 18.0 Å². The van der Waals surface area contributed by atoms with Crippen LogP contribution in [0.3, 0.4) is 0 Å². The molecule has 1 atom stereocenters. The Hall–Kier alpha value is -1.28. The van der Waals surface area contributed by atoms with Crippen LogP contribution in [0.15, 0.2) is 22.2 Å². The summed E-state index contributed by atoms with van der Waals surface area (Å²) < 4.78 is 0. The van der Waals surface area contributed by atoms with E-state index in [4.69, 9.17) is 5.26 Å². The molecule has 0 aliphatic rings. The minimum absolute atomic E-state index is 0.0319. The molecule has 1 heterocycles. The first kappa shape index (κ1) is 9.81. The smallest absolute Gasteiger partial charge is 0.251 e. The first-order valence-corrected chi connectivity index (χ1v) is 4.78. The first-order valence-electron chi connectivity index (χ1n) is 3.80. The minimum atomic E-state index is -0.165. The number of nitrogens with one attached hydrogen (secondary N) is 1. The standard InChI is InChI=1S/C8H9N3OS/c1-6(4-9)5-13-8-10-3-2-7(12)11-8/h2-3,6H,5H2,1H3,(H,10,11,12). The summed E-state index contributed by atoms with van der Waals surface area (Å²) >= 11 is 1.38. The molecule has 0 saturated carbocycles. The number of hydrogen-bond acceptors (Lipinski definition) is 4. The predicted molar refractivity (Wildman–Crippen MR) is 50.4 cm³/mol. The van der Waals surface area contributed by atoms with E-state index in [1.165, 1.54) is 24.0 Å². The fraction of sp³-hybridized carbons (Fsp3) is 0.375. The van der Waals surface area contributed by atoms with Crippen molar-refractivity contribution in [3.8, 4) is 6.07 Å². The Morgan fingerprint density at radius 1 is 1.85 bits per heavy atom. The number of thioether (sulfide) groups is 1. The van der Waals surface area contributed by atoms with E-state index in [9.17, 15) is 4.79 Å². The molecule has 0 aliphatic heterocycles. The molecule has 68 valence electrons. The van der Waals surface area contributed by atoms with Crippen molar-refractivity contribution in [2.24, 2.45) is 5.92 Å². The third kappa shape index (κ3) is 3.30. The zero-order valence-corrected chi connectivity index (χ0v) is 7.97. The minimum Gasteiger partial charge on any atom is -0.301 e. The maximum absolute atomic E-state index is 10.8. The summed E-state index contributed by atoms with van der Waals surface area (Å²) in [5.41, 5.74) is -0.165. The number of aromatic nitrogens is 2. The second-order valence-corrected chi connectivity index (χ2v) is 3.59. The van der Waals surface area contributed by atoms with E-state index in [1.807, 2.05) is 6.92 Å². The first-order chi connectivity index (χ1) is 6.22. The molecule has 1 rings (SSSR count). The number of nitriles is 1. The predicted octanol–water partition coefficient (Wildman–Crippen LogP) is 1.02. The molecule has 0 amide bonds. The number of aromatic amines is 1. The summed E-state index contributed by atoms with van der Waals surface area (Å²) in [5, 5.41) is 9.08. The molecule has 0 aliphatic carbocycles. The van der Waals surface area contributed by atoms with E-state index in [1.54, 1.807) is 0 Å². The van der Waals surface area contributed by atoms with Gasteiger partial charge in [-0.05, 0) is 6.92 Å². The molecule has 5 heteroatoms. The molecule has 0 saturated heterocycles. The maximum atomic E-state index is 10.8. The lowest BCUT2D eigenvalue weighted by Gasteiger charge is -2.00. The van der Waals surface area contributed by atoms with E-state index < -0.39 is 0 Å². The quantitative estimate of drug-likeness (QED) is 0.577. The molecular weight excluding hydrogens is 186 g/mol. The lowest BCUT2D eigenvalue weighted by molar-refractivity contribution is 0.854. The summed E-state index contributed by atoms with van der Waals surface area (Å²) in [7, 11) is 0. The van der Waals surface area contributed by atoms with Crippen molar-refractivity contribution in [1.82, 2.24) is 9.97 Å². The normalized spacial score (nSPS) is 12.0. The Morgan fingerprint density at radius 3 is 3.23 bits per heavy atom. The van der Waals surface area contributed by atoms with Gasteiger partial charge in [0.1, 0.15) is 0 Å². The van der Waals surface area contributed by atoms with Crippen LogP contribution in [-0.2, 0) is 0 Å². The summed E-state index contributed by atoms with van der Waals surface area (Å²) in [4.78, 5) is 17.3. The van der Waals surface area contributed by atoms with Crippen molar-refractivity contribution in [1.29, 1.82) is 5.26 Å². The lowest BCUT2D eigenvalue weighted by Crippen LogP contribution is -2.06. The molecule has 1 unspecified atom stereocenters. The SMILES string of the molecule is CC(C#N)CSc1nccc(=O)[nH]1. The highest BCUT2D eigenvalue weighted by Gasteiger charge is 2.01. The summed E-state index contributed by atoms with van der Waals surface area (Å²) in [5.74, 6) is 0.610. The Bertz CT molecular complexity index is 368. The van der Waals surface area contributed by atoms with Gasteiger partial charge in [0.2, 0.25) is 0 Å². The number of nitrogens with zero attached hydrogens (tertiary/aromatic N) is 2. The second kappa shape index (κ2) is 4.67. The van der Waals surface area contributed by atoms with Gasteiger partial charge in [-0.25, -0.2) is 4.98 Å². The highest BCUT2D eigenvalue weighted by atomic mass is 32.2. The molecule has 1 aromatic heterocycles. The highest BCUT2D eigenvalue weighted by molar-refractivity contribution is 7.99. The van der Waals surface area contributed by atoms with Crippen molar-refractivity contribution in [2.45, 2.75) is 12.1 Å². The van der Waals surface area contributed by atoms with Gasteiger partial charge in [0.15, 0.2) is 5.16 Å². The fourth-order valence-electron chi connectivity index (χ4n) is 0.667. The topological polar surface area (TPSA) is 69.5 Å². The van der Waals surface area contributed by atoms with Crippen LogP contribution in [0.4, 0.5) is 0 Å². The molecule has 1 aromatic rings. The highest BCUT2D eigenvalue weighted by Crippen LogP contribution is 2.13. The van der Waals surface area contributed by atoms with Crippen LogP contribution in [0.25, 0.3) is 0 Å². The number of hydrogen-bond donors (Lipinski definition) is 1. The van der Waals surface area contributed by atoms with E-state index >= 15 is 0 Å². The largest absolute Gasteiger partial charge is 0.301 e. The fourth-order valence-corrected chi connectivity index (χ4v) is 1.46. The molecule has 13 heavy (non-hydrogen) atoms. The Labute approximate surface area is 80.0 Å². The zero-order chi connectivity index (χ0) is 9.68. The molecule has 0 bridgehead atoms. The monoisotopic (exact) mass is 195 g/mol. The van der Waals surface area contributed by atoms with Crippen LogP contribution >= 0.6 is 11.8 Å². The Kier molecular flexibility index (Phi) is 3.53. The Balaban J connectivity index is 2.56. The second-order valence-electron chi connectivity index (χ2n) is 2.58. The van der Waals surface area contributed by atoms with Crippen LogP contribution in [0, 0.1) is 17.2 Å². The van der Waals surface area contributed by atoms with Crippen molar-refractivity contribution in [2.75, 3.05) is 5.75 Å². The molecule has 0 radical (unpaired) electrons. The molecule has 0 aromatic carbocycles. The van der Waals surface area contributed by atoms with E-state index in [-0.39, 0.29) is 11.5 Å². The average molecular weight is 195 g/mol. The molecule has 0 spiro atoms. The van der Waals surface area contributed by atoms with Gasteiger partial charge < -0.3 is 4.98 Å². The number of rotatable bonds is 3. The van der Waals surface area contributed by atoms with Gasteiger partial charge in [0.25, 0.3) is 5.56 Å². The molecule has 4 nitrogen and oxygen atoms in total. The summed E-state index contributed by atoms with van der Waals surface area (Å²) in [6, 6.07) is 3.47. The van der Waals surface area contributed by atoms with Crippen molar-refractivity contribution in [3.63, 3.8) is 0 Å². The molecule has 0 fully saturated rings. The van der Waals surface area contributed by atoms with Crippen molar-refractivity contribution >= 4 is 11.8 Å². The average Bonchev–Trinajstić information content (AvgIpc) is 2.14. The summed E-state index contributed by atoms with van der Waals surface area (Å²) in [6.45, 7) is 1.83. The van der Waals surface area contributed by atoms with Gasteiger partial charge in [0.05, 0.1) is 12.0 Å². The van der Waals surface area contributed by atoms with E-state index in [0.29, 0.717) is 10.9 Å². The zero-order valence-electron chi connectivity index (χ0n) is 7.15. The number of H-pyrrole nitrogens is 1. The van der Waals surface area contributed by atoms with Crippen LogP contribution in [0.1, 0.15) is 6.92 Å². The van der Waals surface area contributed by atoms with Gasteiger partial charge in [-0.2, -0.15) is 5.26 Å².